The lowest BCUT2D eigenvalue weighted by atomic mass is 10.0. The third-order valence-corrected chi connectivity index (χ3v) is 11.5. The lowest BCUT2D eigenvalue weighted by Crippen LogP contribution is -2.01. The van der Waals surface area contributed by atoms with Gasteiger partial charge in [0, 0.05) is 55.8 Å². The fourth-order valence-corrected chi connectivity index (χ4v) is 8.79. The van der Waals surface area contributed by atoms with Crippen LogP contribution in [-0.2, 0) is 6.42 Å². The van der Waals surface area contributed by atoms with Gasteiger partial charge in [0.1, 0.15) is 11.2 Å². The highest BCUT2D eigenvalue weighted by Gasteiger charge is 2.17. The molecule has 0 saturated heterocycles. The molecule has 0 aliphatic heterocycles. The van der Waals surface area contributed by atoms with Crippen LogP contribution in [0.4, 0.5) is 0 Å². The summed E-state index contributed by atoms with van der Waals surface area (Å²) in [5.74, 6) is 0. The van der Waals surface area contributed by atoms with Crippen molar-refractivity contribution in [3.63, 3.8) is 0 Å². The summed E-state index contributed by atoms with van der Waals surface area (Å²) in [5.41, 5.74) is 19.5. The predicted molar refractivity (Wildman–Crippen MR) is 259 cm³/mol. The van der Waals surface area contributed by atoms with E-state index in [1.807, 2.05) is 30.4 Å². The molecule has 0 aliphatic rings. The van der Waals surface area contributed by atoms with Gasteiger partial charge in [0.2, 0.25) is 0 Å². The van der Waals surface area contributed by atoms with Crippen molar-refractivity contribution in [2.24, 2.45) is 5.73 Å². The van der Waals surface area contributed by atoms with Gasteiger partial charge < -0.3 is 19.3 Å². The van der Waals surface area contributed by atoms with Crippen molar-refractivity contribution in [3.8, 4) is 22.5 Å². The zero-order valence-corrected chi connectivity index (χ0v) is 34.1. The smallest absolute Gasteiger partial charge is 0.143 e. The summed E-state index contributed by atoms with van der Waals surface area (Å²) in [6, 6.07) is 64.9. The quantitative estimate of drug-likeness (QED) is 0.156. The summed E-state index contributed by atoms with van der Waals surface area (Å²) in [7, 11) is 0. The van der Waals surface area contributed by atoms with Crippen LogP contribution in [0, 0.1) is 6.92 Å². The first-order valence-corrected chi connectivity index (χ1v) is 20.9. The van der Waals surface area contributed by atoms with Gasteiger partial charge in [-0.1, -0.05) is 175 Å². The Balaban J connectivity index is 0.000000185. The van der Waals surface area contributed by atoms with Crippen LogP contribution in [0.3, 0.4) is 0 Å². The predicted octanol–water partition coefficient (Wildman–Crippen LogP) is 14.6. The van der Waals surface area contributed by atoms with Crippen LogP contribution in [-0.4, -0.2) is 15.7 Å². The van der Waals surface area contributed by atoms with Crippen molar-refractivity contribution in [1.29, 1.82) is 0 Å². The third-order valence-electron chi connectivity index (χ3n) is 11.5. The molecule has 4 heteroatoms. The number of fused-ring (bicyclic) bond motifs is 9. The lowest BCUT2D eigenvalue weighted by Gasteiger charge is -2.15. The second-order valence-corrected chi connectivity index (χ2v) is 15.4. The molecule has 0 aliphatic carbocycles. The average Bonchev–Trinajstić information content (AvgIpc) is 3.97. The fraction of sp³-hybridized carbons (Fsp3) is 0.0526. The fourth-order valence-electron chi connectivity index (χ4n) is 8.79. The maximum absolute atomic E-state index is 6.08. The third kappa shape index (κ3) is 7.14. The van der Waals surface area contributed by atoms with Crippen LogP contribution in [0.2, 0.25) is 0 Å². The summed E-state index contributed by atoms with van der Waals surface area (Å²) in [6.45, 7) is 2.66. The summed E-state index contributed by atoms with van der Waals surface area (Å²) in [5, 5.41) is 7.42. The Morgan fingerprint density at radius 2 is 0.951 bits per heavy atom. The van der Waals surface area contributed by atoms with E-state index in [-0.39, 0.29) is 0 Å². The van der Waals surface area contributed by atoms with E-state index >= 15 is 0 Å². The highest BCUT2D eigenvalue weighted by Crippen LogP contribution is 2.37. The zero-order chi connectivity index (χ0) is 41.1. The molecule has 4 nitrogen and oxygen atoms in total. The van der Waals surface area contributed by atoms with Crippen molar-refractivity contribution < 1.29 is 4.42 Å². The van der Waals surface area contributed by atoms with Crippen LogP contribution in [0.1, 0.15) is 11.1 Å². The number of aromatic nitrogens is 2. The molecule has 0 radical (unpaired) electrons. The highest BCUT2D eigenvalue weighted by molar-refractivity contribution is 6.11. The van der Waals surface area contributed by atoms with Crippen molar-refractivity contribution in [2.75, 3.05) is 6.54 Å². The number of hydrogen-bond donors (Lipinski definition) is 1. The summed E-state index contributed by atoms with van der Waals surface area (Å²) >= 11 is 0. The molecule has 8 aromatic carbocycles. The van der Waals surface area contributed by atoms with Crippen LogP contribution in [0.5, 0.6) is 0 Å². The van der Waals surface area contributed by atoms with Gasteiger partial charge >= 0.3 is 0 Å². The minimum absolute atomic E-state index is 0.551. The van der Waals surface area contributed by atoms with Gasteiger partial charge in [-0.25, -0.2) is 0 Å². The maximum atomic E-state index is 6.08. The summed E-state index contributed by atoms with van der Waals surface area (Å²) in [6.07, 6.45) is 13.1. The monoisotopic (exact) mass is 787 g/mol. The molecular weight excluding hydrogens is 743 g/mol. The Morgan fingerprint density at radius 3 is 1.51 bits per heavy atom. The molecule has 3 aromatic heterocycles. The molecule has 0 bridgehead atoms. The van der Waals surface area contributed by atoms with Crippen molar-refractivity contribution in [2.45, 2.75) is 13.3 Å². The van der Waals surface area contributed by atoms with Crippen molar-refractivity contribution in [1.82, 2.24) is 9.13 Å². The van der Waals surface area contributed by atoms with E-state index < -0.39 is 0 Å². The molecule has 11 rings (SSSR count). The number of nitrogens with zero attached hydrogens (tertiary/aromatic N) is 2. The molecule has 294 valence electrons. The molecule has 0 saturated carbocycles. The van der Waals surface area contributed by atoms with Gasteiger partial charge in [-0.2, -0.15) is 0 Å². The van der Waals surface area contributed by atoms with E-state index in [0.717, 1.165) is 34.5 Å². The van der Waals surface area contributed by atoms with Crippen LogP contribution in [0.15, 0.2) is 223 Å². The van der Waals surface area contributed by atoms with E-state index in [4.69, 9.17) is 10.2 Å². The molecule has 0 unspecified atom stereocenters. The lowest BCUT2D eigenvalue weighted by molar-refractivity contribution is 0.670. The molecule has 0 spiro atoms. The topological polar surface area (TPSA) is 49.0 Å². The normalized spacial score (nSPS) is 12.0. The van der Waals surface area contributed by atoms with Gasteiger partial charge in [-0.3, -0.25) is 0 Å². The first kappa shape index (κ1) is 37.6. The van der Waals surface area contributed by atoms with Gasteiger partial charge in [-0.05, 0) is 73.0 Å². The Morgan fingerprint density at radius 1 is 0.459 bits per heavy atom. The number of para-hydroxylation sites is 6. The van der Waals surface area contributed by atoms with E-state index in [1.165, 1.54) is 71.1 Å². The Labute approximate surface area is 355 Å². The number of hydrogen-bond acceptors (Lipinski definition) is 2. The molecule has 0 amide bonds. The van der Waals surface area contributed by atoms with Crippen LogP contribution >= 0.6 is 0 Å². The second-order valence-electron chi connectivity index (χ2n) is 15.4. The SMILES string of the molecule is Cc1cccc(-c2cccc3c2oc2ccccc23)c1.NC/C=C/C=C\C=C/Cc1cc(-n2c3ccccc3c3ccccc32)cc(-n2c3ccccc3c3ccccc32)c1. The van der Waals surface area contributed by atoms with Gasteiger partial charge in [0.25, 0.3) is 0 Å². The van der Waals surface area contributed by atoms with E-state index in [1.54, 1.807) is 0 Å². The van der Waals surface area contributed by atoms with Crippen molar-refractivity contribution >= 4 is 65.6 Å². The molecule has 3 heterocycles. The number of aryl methyl sites for hydroxylation is 1. The number of rotatable bonds is 8. The van der Waals surface area contributed by atoms with Crippen LogP contribution in [0.25, 0.3) is 88.1 Å². The van der Waals surface area contributed by atoms with Crippen molar-refractivity contribution in [3.05, 3.63) is 230 Å². The minimum Gasteiger partial charge on any atom is -0.455 e. The molecule has 0 atom stereocenters. The Hall–Kier alpha value is -7.66. The summed E-state index contributed by atoms with van der Waals surface area (Å²) < 4.78 is 10.9. The number of benzene rings is 8. The van der Waals surface area contributed by atoms with E-state index in [0.29, 0.717) is 6.54 Å². The highest BCUT2D eigenvalue weighted by atomic mass is 16.3. The second kappa shape index (κ2) is 16.5. The largest absolute Gasteiger partial charge is 0.455 e. The molecule has 11 aromatic rings. The average molecular weight is 788 g/mol. The number of furan rings is 1. The van der Waals surface area contributed by atoms with E-state index in [2.05, 4.69) is 204 Å². The zero-order valence-electron chi connectivity index (χ0n) is 34.1. The minimum atomic E-state index is 0.551. The van der Waals surface area contributed by atoms with Crippen LogP contribution < -0.4 is 5.73 Å². The first-order valence-electron chi connectivity index (χ1n) is 20.9. The number of allylic oxidation sites excluding steroid dienone is 5. The van der Waals surface area contributed by atoms with Gasteiger partial charge in [0.05, 0.1) is 22.1 Å². The Kier molecular flexibility index (Phi) is 10.2. The first-order chi connectivity index (χ1) is 30.2. The standard InChI is InChI=1S/C38H31N3.C19H14O/c39-24-14-4-2-1-3-5-15-28-25-29(40-35-20-10-6-16-31(35)32-17-7-11-21-36(32)40)27-30(26-28)41-37-22-12-8-18-33(37)34-19-9-13-23-38(34)41;1-13-6-4-7-14(12-13)15-9-5-10-17-16-8-2-3-11-18(16)20-19(15)17/h1-14,16-23,25-27H,15,24,39H2;2-12H,1H3/b2-1-,5-3-,14-4+;. The summed E-state index contributed by atoms with van der Waals surface area (Å²) in [4.78, 5) is 0. The molecule has 0 fully saturated rings. The molecule has 61 heavy (non-hydrogen) atoms. The van der Waals surface area contributed by atoms with Gasteiger partial charge in [0.15, 0.2) is 0 Å². The van der Waals surface area contributed by atoms with E-state index in [9.17, 15) is 0 Å². The molecule has 2 N–H and O–H groups in total. The maximum Gasteiger partial charge on any atom is 0.143 e. The molecular formula is C57H45N3O. The number of nitrogens with two attached hydrogens (primary N) is 1. The Bertz CT molecular complexity index is 3220. The van der Waals surface area contributed by atoms with Gasteiger partial charge in [-0.15, -0.1) is 0 Å².